The molecule has 1 amide bonds. The number of ether oxygens (including phenoxy) is 1. The van der Waals surface area contributed by atoms with Crippen LogP contribution in [0.5, 0.6) is 0 Å². The molecule has 0 saturated heterocycles. The average Bonchev–Trinajstić information content (AvgIpc) is 2.75. The quantitative estimate of drug-likeness (QED) is 0.739. The Balaban J connectivity index is 2.00. The van der Waals surface area contributed by atoms with E-state index in [1.165, 1.54) is 0 Å². The Kier molecular flexibility index (Phi) is 4.21. The molecule has 1 unspecified atom stereocenters. The van der Waals surface area contributed by atoms with Crippen LogP contribution in [0.2, 0.25) is 0 Å². The number of rotatable bonds is 2. The molecular weight excluding hydrogens is 350 g/mol. The first-order valence-corrected chi connectivity index (χ1v) is 7.95. The third kappa shape index (κ3) is 3.25. The minimum Gasteiger partial charge on any atom is -0.441 e. The van der Waals surface area contributed by atoms with Crippen LogP contribution in [0.15, 0.2) is 36.4 Å². The van der Waals surface area contributed by atoms with E-state index in [-0.39, 0.29) is 5.56 Å². The van der Waals surface area contributed by atoms with Gasteiger partial charge in [-0.25, -0.2) is 9.18 Å². The number of hydrogen-bond acceptors (Lipinski definition) is 2. The van der Waals surface area contributed by atoms with Gasteiger partial charge in [0.1, 0.15) is 11.9 Å². The topological polar surface area (TPSA) is 52.3 Å². The van der Waals surface area contributed by atoms with Crippen molar-refractivity contribution in [2.75, 3.05) is 0 Å². The van der Waals surface area contributed by atoms with Gasteiger partial charge in [0.25, 0.3) is 0 Å². The fourth-order valence-electron chi connectivity index (χ4n) is 3.45. The van der Waals surface area contributed by atoms with Crippen LogP contribution in [0.3, 0.4) is 0 Å². The summed E-state index contributed by atoms with van der Waals surface area (Å²) < 4.78 is 57.5. The number of primary amides is 1. The molecule has 1 atom stereocenters. The summed E-state index contributed by atoms with van der Waals surface area (Å²) in [6, 6.07) is 7.48. The third-order valence-electron chi connectivity index (χ3n) is 4.62. The Morgan fingerprint density at radius 3 is 2.46 bits per heavy atom. The van der Waals surface area contributed by atoms with Gasteiger partial charge in [0.15, 0.2) is 0 Å². The van der Waals surface area contributed by atoms with Gasteiger partial charge >= 0.3 is 12.3 Å². The molecule has 0 fully saturated rings. The second kappa shape index (κ2) is 6.00. The number of fused-ring (bicyclic) bond motifs is 1. The van der Waals surface area contributed by atoms with Gasteiger partial charge in [-0.2, -0.15) is 13.2 Å². The molecule has 7 heteroatoms. The van der Waals surface area contributed by atoms with Crippen molar-refractivity contribution >= 4 is 6.09 Å². The van der Waals surface area contributed by atoms with Gasteiger partial charge in [-0.05, 0) is 35.2 Å². The van der Waals surface area contributed by atoms with E-state index in [0.717, 1.165) is 23.3 Å². The fourth-order valence-corrected chi connectivity index (χ4v) is 3.45. The molecule has 0 radical (unpaired) electrons. The predicted molar refractivity (Wildman–Crippen MR) is 87.7 cm³/mol. The molecule has 0 aliphatic heterocycles. The Morgan fingerprint density at radius 1 is 1.19 bits per heavy atom. The predicted octanol–water partition coefficient (Wildman–Crippen LogP) is 5.23. The first-order valence-electron chi connectivity index (χ1n) is 7.95. The molecule has 2 aromatic carbocycles. The first-order chi connectivity index (χ1) is 12.0. The van der Waals surface area contributed by atoms with Crippen molar-refractivity contribution in [2.24, 2.45) is 11.1 Å². The van der Waals surface area contributed by atoms with Gasteiger partial charge in [-0.15, -0.1) is 0 Å². The van der Waals surface area contributed by atoms with E-state index in [1.807, 2.05) is 13.8 Å². The van der Waals surface area contributed by atoms with E-state index in [1.54, 1.807) is 18.2 Å². The van der Waals surface area contributed by atoms with Gasteiger partial charge < -0.3 is 10.5 Å². The summed E-state index contributed by atoms with van der Waals surface area (Å²) in [4.78, 5) is 11.2. The number of alkyl halides is 3. The van der Waals surface area contributed by atoms with Crippen molar-refractivity contribution < 1.29 is 27.1 Å². The minimum atomic E-state index is -4.60. The summed E-state index contributed by atoms with van der Waals surface area (Å²) in [5.41, 5.74) is 5.87. The van der Waals surface area contributed by atoms with Gasteiger partial charge in [-0.3, -0.25) is 0 Å². The van der Waals surface area contributed by atoms with Crippen LogP contribution in [-0.2, 0) is 17.3 Å². The molecule has 2 aromatic rings. The average molecular weight is 367 g/mol. The largest absolute Gasteiger partial charge is 0.441 e. The maximum Gasteiger partial charge on any atom is 0.416 e. The smallest absolute Gasteiger partial charge is 0.416 e. The first kappa shape index (κ1) is 18.2. The van der Waals surface area contributed by atoms with E-state index >= 15 is 0 Å². The fraction of sp³-hybridized carbons (Fsp3) is 0.316. The van der Waals surface area contributed by atoms with Crippen molar-refractivity contribution in [2.45, 2.75) is 32.5 Å². The number of halogens is 4. The highest BCUT2D eigenvalue weighted by molar-refractivity contribution is 5.68. The van der Waals surface area contributed by atoms with Gasteiger partial charge in [0.2, 0.25) is 0 Å². The van der Waals surface area contributed by atoms with Crippen LogP contribution < -0.4 is 5.73 Å². The Hall–Kier alpha value is -2.57. The third-order valence-corrected chi connectivity index (χ3v) is 4.62. The number of hydrogen-bond donors (Lipinski definition) is 1. The number of carbonyl (C=O) groups excluding carboxylic acids is 1. The summed E-state index contributed by atoms with van der Waals surface area (Å²) >= 11 is 0. The number of benzene rings is 2. The molecule has 1 aliphatic rings. The second-order valence-corrected chi connectivity index (χ2v) is 7.09. The van der Waals surface area contributed by atoms with E-state index in [2.05, 4.69) is 0 Å². The SMILES string of the molecule is CC1(C)Cc2cc(-c3ccc(C(F)(F)F)cc3F)ccc2C1OC(N)=O. The van der Waals surface area contributed by atoms with E-state index < -0.39 is 35.2 Å². The molecule has 0 bridgehead atoms. The van der Waals surface area contributed by atoms with Crippen LogP contribution in [0, 0.1) is 11.2 Å². The Labute approximate surface area is 147 Å². The molecule has 3 rings (SSSR count). The zero-order valence-electron chi connectivity index (χ0n) is 14.2. The zero-order chi connectivity index (χ0) is 19.3. The van der Waals surface area contributed by atoms with Gasteiger partial charge in [-0.1, -0.05) is 38.1 Å². The molecule has 26 heavy (non-hydrogen) atoms. The lowest BCUT2D eigenvalue weighted by molar-refractivity contribution is -0.137. The monoisotopic (exact) mass is 367 g/mol. The normalized spacial score (nSPS) is 18.5. The number of amides is 1. The van der Waals surface area contributed by atoms with E-state index in [4.69, 9.17) is 10.5 Å². The summed E-state index contributed by atoms with van der Waals surface area (Å²) in [5, 5.41) is 0. The molecular formula is C19H17F4NO2. The molecule has 138 valence electrons. The maximum atomic E-state index is 14.2. The van der Waals surface area contributed by atoms with Crippen LogP contribution in [0.1, 0.15) is 36.6 Å². The van der Waals surface area contributed by atoms with Crippen LogP contribution in [-0.4, -0.2) is 6.09 Å². The Morgan fingerprint density at radius 2 is 1.88 bits per heavy atom. The number of carbonyl (C=O) groups is 1. The highest BCUT2D eigenvalue weighted by Gasteiger charge is 2.41. The molecule has 3 nitrogen and oxygen atoms in total. The van der Waals surface area contributed by atoms with Crippen molar-refractivity contribution in [3.8, 4) is 11.1 Å². The van der Waals surface area contributed by atoms with E-state index in [9.17, 15) is 22.4 Å². The molecule has 1 aliphatic carbocycles. The minimum absolute atomic E-state index is 0.0814. The zero-order valence-corrected chi connectivity index (χ0v) is 14.2. The summed E-state index contributed by atoms with van der Waals surface area (Å²) in [5.74, 6) is -0.943. The summed E-state index contributed by atoms with van der Waals surface area (Å²) in [6.45, 7) is 3.83. The lowest BCUT2D eigenvalue weighted by Crippen LogP contribution is -2.25. The van der Waals surface area contributed by atoms with Gasteiger partial charge in [0, 0.05) is 11.0 Å². The van der Waals surface area contributed by atoms with Crippen molar-refractivity contribution in [1.82, 2.24) is 0 Å². The van der Waals surface area contributed by atoms with E-state index in [0.29, 0.717) is 18.1 Å². The molecule has 2 N–H and O–H groups in total. The maximum absolute atomic E-state index is 14.2. The lowest BCUT2D eigenvalue weighted by atomic mass is 9.87. The van der Waals surface area contributed by atoms with Gasteiger partial charge in [0.05, 0.1) is 5.56 Å². The molecule has 0 aromatic heterocycles. The van der Waals surface area contributed by atoms with Crippen LogP contribution in [0.4, 0.5) is 22.4 Å². The Bertz CT molecular complexity index is 874. The van der Waals surface area contributed by atoms with Crippen molar-refractivity contribution in [1.29, 1.82) is 0 Å². The molecule has 0 spiro atoms. The summed E-state index contributed by atoms with van der Waals surface area (Å²) in [7, 11) is 0. The lowest BCUT2D eigenvalue weighted by Gasteiger charge is -2.26. The van der Waals surface area contributed by atoms with Crippen LogP contribution >= 0.6 is 0 Å². The highest BCUT2D eigenvalue weighted by Crippen LogP contribution is 2.48. The molecule has 0 heterocycles. The molecule has 0 saturated carbocycles. The van der Waals surface area contributed by atoms with Crippen molar-refractivity contribution in [3.05, 3.63) is 58.9 Å². The van der Waals surface area contributed by atoms with Crippen molar-refractivity contribution in [3.63, 3.8) is 0 Å². The second-order valence-electron chi connectivity index (χ2n) is 7.09. The standard InChI is InChI=1S/C19H17F4NO2/c1-18(2)9-11-7-10(3-5-14(11)16(18)26-17(24)25)13-6-4-12(8-15(13)20)19(21,22)23/h3-8,16H,9H2,1-2H3,(H2,24,25). The van der Waals surface area contributed by atoms with Crippen LogP contribution in [0.25, 0.3) is 11.1 Å². The summed E-state index contributed by atoms with van der Waals surface area (Å²) in [6.07, 6.45) is -5.44. The highest BCUT2D eigenvalue weighted by atomic mass is 19.4. The number of nitrogens with two attached hydrogens (primary N) is 1.